The molecule has 2 aromatic heterocycles. The van der Waals surface area contributed by atoms with E-state index in [4.69, 9.17) is 5.73 Å². The van der Waals surface area contributed by atoms with Crippen LogP contribution < -0.4 is 5.73 Å². The number of anilines is 1. The van der Waals surface area contributed by atoms with Gasteiger partial charge in [-0.2, -0.15) is 0 Å². The normalized spacial score (nSPS) is 14.9. The van der Waals surface area contributed by atoms with Gasteiger partial charge in [-0.15, -0.1) is 12.4 Å². The van der Waals surface area contributed by atoms with Crippen LogP contribution in [0.1, 0.15) is 44.9 Å². The fourth-order valence-corrected chi connectivity index (χ4v) is 3.67. The van der Waals surface area contributed by atoms with Crippen molar-refractivity contribution in [2.24, 2.45) is 0 Å². The number of aliphatic hydroxyl groups is 1. The zero-order chi connectivity index (χ0) is 20.6. The van der Waals surface area contributed by atoms with Crippen molar-refractivity contribution in [3.8, 4) is 23.2 Å². The quantitative estimate of drug-likeness (QED) is 0.612. The Labute approximate surface area is 179 Å². The molecular formula is C21H22ClF2N5O. The molecule has 0 radical (unpaired) electrons. The second kappa shape index (κ2) is 8.54. The number of benzene rings is 1. The molecule has 0 unspecified atom stereocenters. The summed E-state index contributed by atoms with van der Waals surface area (Å²) in [6.45, 7) is 2.50. The van der Waals surface area contributed by atoms with Crippen LogP contribution in [-0.4, -0.2) is 30.2 Å². The largest absolute Gasteiger partial charge is 0.382 e. The van der Waals surface area contributed by atoms with Crippen molar-refractivity contribution in [3.63, 3.8) is 0 Å². The van der Waals surface area contributed by atoms with E-state index in [9.17, 15) is 13.9 Å². The number of nitrogens with two attached hydrogens (primary N) is 1. The van der Waals surface area contributed by atoms with Gasteiger partial charge in [0.2, 0.25) is 5.82 Å². The average Bonchev–Trinajstić information content (AvgIpc) is 3.25. The van der Waals surface area contributed by atoms with Gasteiger partial charge in [0.1, 0.15) is 23.1 Å². The SMILES string of the molecule is CCCn1c(-c2cc(F)cc(F)c2)nc2c(N)nc(C#CC3(O)CCCC3)nc21.Cl. The van der Waals surface area contributed by atoms with Crippen molar-refractivity contribution in [1.82, 2.24) is 19.5 Å². The molecule has 1 aromatic carbocycles. The van der Waals surface area contributed by atoms with E-state index < -0.39 is 17.2 Å². The third-order valence-electron chi connectivity index (χ3n) is 5.03. The molecule has 0 atom stereocenters. The second-order valence-electron chi connectivity index (χ2n) is 7.34. The first-order valence-corrected chi connectivity index (χ1v) is 9.64. The van der Waals surface area contributed by atoms with Crippen LogP contribution in [-0.2, 0) is 6.54 Å². The van der Waals surface area contributed by atoms with Crippen molar-refractivity contribution >= 4 is 29.4 Å². The van der Waals surface area contributed by atoms with Gasteiger partial charge < -0.3 is 15.4 Å². The molecule has 1 aliphatic rings. The second-order valence-corrected chi connectivity index (χ2v) is 7.34. The van der Waals surface area contributed by atoms with Crippen LogP contribution in [0.2, 0.25) is 0 Å². The van der Waals surface area contributed by atoms with E-state index in [1.165, 1.54) is 12.1 Å². The van der Waals surface area contributed by atoms with Gasteiger partial charge in [-0.1, -0.05) is 12.8 Å². The van der Waals surface area contributed by atoms with Crippen LogP contribution in [0.25, 0.3) is 22.6 Å². The monoisotopic (exact) mass is 433 g/mol. The van der Waals surface area contributed by atoms with Gasteiger partial charge in [0.25, 0.3) is 0 Å². The van der Waals surface area contributed by atoms with E-state index in [-0.39, 0.29) is 24.0 Å². The number of hydrogen-bond acceptors (Lipinski definition) is 5. The summed E-state index contributed by atoms with van der Waals surface area (Å²) in [5.41, 5.74) is 6.16. The lowest BCUT2D eigenvalue weighted by atomic mass is 10.0. The number of fused-ring (bicyclic) bond motifs is 1. The molecule has 3 aromatic rings. The Morgan fingerprint density at radius 3 is 2.43 bits per heavy atom. The van der Waals surface area contributed by atoms with E-state index in [1.54, 1.807) is 4.57 Å². The van der Waals surface area contributed by atoms with Crippen LogP contribution in [0, 0.1) is 23.5 Å². The zero-order valence-corrected chi connectivity index (χ0v) is 17.3. The van der Waals surface area contributed by atoms with Gasteiger partial charge in [-0.05, 0) is 50.2 Å². The fraction of sp³-hybridized carbons (Fsp3) is 0.381. The van der Waals surface area contributed by atoms with Crippen LogP contribution in [0.3, 0.4) is 0 Å². The highest BCUT2D eigenvalue weighted by Crippen LogP contribution is 2.29. The summed E-state index contributed by atoms with van der Waals surface area (Å²) in [7, 11) is 0. The Morgan fingerprint density at radius 2 is 1.80 bits per heavy atom. The molecule has 0 aliphatic heterocycles. The number of imidazole rings is 1. The van der Waals surface area contributed by atoms with Crippen molar-refractivity contribution in [2.75, 3.05) is 5.73 Å². The summed E-state index contributed by atoms with van der Waals surface area (Å²) < 4.78 is 29.2. The maximum Gasteiger partial charge on any atom is 0.209 e. The lowest BCUT2D eigenvalue weighted by Crippen LogP contribution is -2.20. The Kier molecular flexibility index (Phi) is 6.25. The molecule has 1 aliphatic carbocycles. The van der Waals surface area contributed by atoms with Gasteiger partial charge in [0.05, 0.1) is 0 Å². The fourth-order valence-electron chi connectivity index (χ4n) is 3.67. The van der Waals surface area contributed by atoms with Crippen LogP contribution in [0.15, 0.2) is 18.2 Å². The van der Waals surface area contributed by atoms with Crippen molar-refractivity contribution < 1.29 is 13.9 Å². The van der Waals surface area contributed by atoms with E-state index in [0.717, 1.165) is 25.3 Å². The number of nitrogen functional groups attached to an aromatic ring is 1. The molecule has 3 N–H and O–H groups in total. The number of aromatic nitrogens is 4. The number of rotatable bonds is 3. The molecule has 0 amide bonds. The zero-order valence-electron chi connectivity index (χ0n) is 16.5. The Bertz CT molecular complexity index is 1130. The van der Waals surface area contributed by atoms with E-state index in [2.05, 4.69) is 26.8 Å². The summed E-state index contributed by atoms with van der Waals surface area (Å²) in [6.07, 6.45) is 3.87. The van der Waals surface area contributed by atoms with Crippen LogP contribution in [0.4, 0.5) is 14.6 Å². The topological polar surface area (TPSA) is 89.9 Å². The molecule has 30 heavy (non-hydrogen) atoms. The smallest absolute Gasteiger partial charge is 0.209 e. The number of aryl methyl sites for hydroxylation is 1. The Hall–Kier alpha value is -2.76. The minimum absolute atomic E-state index is 0. The predicted molar refractivity (Wildman–Crippen MR) is 113 cm³/mol. The lowest BCUT2D eigenvalue weighted by molar-refractivity contribution is 0.110. The summed E-state index contributed by atoms with van der Waals surface area (Å²) in [4.78, 5) is 13.1. The van der Waals surface area contributed by atoms with Gasteiger partial charge in [0, 0.05) is 18.2 Å². The van der Waals surface area contributed by atoms with Crippen molar-refractivity contribution in [2.45, 2.75) is 51.2 Å². The molecule has 0 spiro atoms. The summed E-state index contributed by atoms with van der Waals surface area (Å²) >= 11 is 0. The predicted octanol–water partition coefficient (Wildman–Crippen LogP) is 3.84. The number of nitrogens with zero attached hydrogens (tertiary/aromatic N) is 4. The van der Waals surface area contributed by atoms with Crippen LogP contribution in [0.5, 0.6) is 0 Å². The average molecular weight is 434 g/mol. The standard InChI is InChI=1S/C21H21F2N5O.ClH/c1-2-9-28-19(13-10-14(22)12-15(23)11-13)27-17-18(24)25-16(26-20(17)28)5-8-21(29)6-3-4-7-21;/h10-12,29H,2-4,6-7,9H2,1H3,(H2,24,25,26);1H. The molecule has 1 fully saturated rings. The molecule has 0 bridgehead atoms. The van der Waals surface area contributed by atoms with Gasteiger partial charge in [-0.25, -0.2) is 23.7 Å². The third kappa shape index (κ3) is 4.23. The van der Waals surface area contributed by atoms with E-state index in [1.807, 2.05) is 6.92 Å². The molecule has 6 nitrogen and oxygen atoms in total. The Balaban J connectivity index is 0.00000256. The third-order valence-corrected chi connectivity index (χ3v) is 5.03. The summed E-state index contributed by atoms with van der Waals surface area (Å²) in [5.74, 6) is 5.00. The molecule has 0 saturated heterocycles. The molecule has 158 valence electrons. The van der Waals surface area contributed by atoms with Gasteiger partial charge >= 0.3 is 0 Å². The van der Waals surface area contributed by atoms with E-state index >= 15 is 0 Å². The highest BCUT2D eigenvalue weighted by atomic mass is 35.5. The molecule has 1 saturated carbocycles. The molecular weight excluding hydrogens is 412 g/mol. The van der Waals surface area contributed by atoms with Crippen molar-refractivity contribution in [1.29, 1.82) is 0 Å². The first-order valence-electron chi connectivity index (χ1n) is 9.64. The first kappa shape index (κ1) is 21.9. The highest BCUT2D eigenvalue weighted by Gasteiger charge is 2.28. The molecule has 9 heteroatoms. The molecule has 4 rings (SSSR count). The minimum Gasteiger partial charge on any atom is -0.382 e. The number of halogens is 3. The van der Waals surface area contributed by atoms with E-state index in [0.29, 0.717) is 41.9 Å². The molecule has 2 heterocycles. The highest BCUT2D eigenvalue weighted by molar-refractivity contribution is 5.86. The summed E-state index contributed by atoms with van der Waals surface area (Å²) in [5, 5.41) is 10.4. The minimum atomic E-state index is -1.01. The van der Waals surface area contributed by atoms with Crippen molar-refractivity contribution in [3.05, 3.63) is 35.7 Å². The van der Waals surface area contributed by atoms with Gasteiger partial charge in [-0.3, -0.25) is 0 Å². The first-order chi connectivity index (χ1) is 13.9. The number of hydrogen-bond donors (Lipinski definition) is 2. The Morgan fingerprint density at radius 1 is 1.13 bits per heavy atom. The van der Waals surface area contributed by atoms with Gasteiger partial charge in [0.15, 0.2) is 17.0 Å². The maximum absolute atomic E-state index is 13.7. The van der Waals surface area contributed by atoms with Crippen LogP contribution >= 0.6 is 12.4 Å². The maximum atomic E-state index is 13.7. The summed E-state index contributed by atoms with van der Waals surface area (Å²) in [6, 6.07) is 3.25. The lowest BCUT2D eigenvalue weighted by Gasteiger charge is -2.12.